The SMILES string of the molecule is CC(Br)C(=O)c1ccc(S)cc1O. The quantitative estimate of drug-likeness (QED) is 0.488. The molecule has 2 nitrogen and oxygen atoms in total. The van der Waals surface area contributed by atoms with Gasteiger partial charge in [0.05, 0.1) is 10.4 Å². The van der Waals surface area contributed by atoms with Gasteiger partial charge in [-0.1, -0.05) is 15.9 Å². The number of phenols is 1. The molecule has 1 aromatic rings. The highest BCUT2D eigenvalue weighted by Crippen LogP contribution is 2.23. The Kier molecular flexibility index (Phi) is 3.39. The zero-order chi connectivity index (χ0) is 10.0. The summed E-state index contributed by atoms with van der Waals surface area (Å²) in [5.41, 5.74) is 0.321. The Morgan fingerprint density at radius 2 is 2.23 bits per heavy atom. The van der Waals surface area contributed by atoms with E-state index in [-0.39, 0.29) is 16.4 Å². The lowest BCUT2D eigenvalue weighted by molar-refractivity contribution is 0.0993. The van der Waals surface area contributed by atoms with Crippen molar-refractivity contribution in [2.24, 2.45) is 0 Å². The zero-order valence-electron chi connectivity index (χ0n) is 6.99. The first-order valence-corrected chi connectivity index (χ1v) is 5.09. The molecule has 0 aliphatic carbocycles. The van der Waals surface area contributed by atoms with Crippen LogP contribution in [0.2, 0.25) is 0 Å². The van der Waals surface area contributed by atoms with Gasteiger partial charge in [0.2, 0.25) is 0 Å². The van der Waals surface area contributed by atoms with Gasteiger partial charge in [-0.25, -0.2) is 0 Å². The molecule has 0 spiro atoms. The number of rotatable bonds is 2. The fourth-order valence-corrected chi connectivity index (χ4v) is 1.39. The molecular weight excluding hydrogens is 252 g/mol. The maximum Gasteiger partial charge on any atom is 0.179 e. The van der Waals surface area contributed by atoms with Gasteiger partial charge < -0.3 is 5.11 Å². The lowest BCUT2D eigenvalue weighted by Crippen LogP contribution is -2.09. The summed E-state index contributed by atoms with van der Waals surface area (Å²) in [5, 5.41) is 9.42. The summed E-state index contributed by atoms with van der Waals surface area (Å²) in [6.45, 7) is 1.72. The Labute approximate surface area is 90.5 Å². The highest BCUT2D eigenvalue weighted by molar-refractivity contribution is 9.10. The van der Waals surface area contributed by atoms with Crippen LogP contribution in [-0.2, 0) is 0 Å². The Morgan fingerprint density at radius 3 is 2.69 bits per heavy atom. The number of ketones is 1. The van der Waals surface area contributed by atoms with Crippen molar-refractivity contribution in [1.29, 1.82) is 0 Å². The van der Waals surface area contributed by atoms with Crippen molar-refractivity contribution >= 4 is 34.3 Å². The van der Waals surface area contributed by atoms with Crippen LogP contribution >= 0.6 is 28.6 Å². The number of Topliss-reactive ketones (excluding diaryl/α,β-unsaturated/α-hetero) is 1. The van der Waals surface area contributed by atoms with E-state index >= 15 is 0 Å². The predicted molar refractivity (Wildman–Crippen MR) is 58.1 cm³/mol. The number of benzene rings is 1. The van der Waals surface area contributed by atoms with E-state index in [0.29, 0.717) is 10.5 Å². The lowest BCUT2D eigenvalue weighted by Gasteiger charge is -2.05. The standard InChI is InChI=1S/C9H9BrO2S/c1-5(10)9(12)7-3-2-6(13)4-8(7)11/h2-5,11,13H,1H3. The minimum atomic E-state index is -0.288. The average Bonchev–Trinajstić information content (AvgIpc) is 2.03. The fraction of sp³-hybridized carbons (Fsp3) is 0.222. The number of hydrogen-bond donors (Lipinski definition) is 2. The number of hydrogen-bond acceptors (Lipinski definition) is 3. The Morgan fingerprint density at radius 1 is 1.62 bits per heavy atom. The molecule has 1 N–H and O–H groups in total. The number of thiol groups is 1. The van der Waals surface area contributed by atoms with Crippen molar-refractivity contribution in [2.75, 3.05) is 0 Å². The highest BCUT2D eigenvalue weighted by Gasteiger charge is 2.15. The number of halogens is 1. The molecule has 0 fully saturated rings. The third-order valence-electron chi connectivity index (χ3n) is 1.61. The molecule has 1 unspecified atom stereocenters. The monoisotopic (exact) mass is 260 g/mol. The summed E-state index contributed by atoms with van der Waals surface area (Å²) < 4.78 is 0. The van der Waals surface area contributed by atoms with E-state index in [0.717, 1.165) is 0 Å². The zero-order valence-corrected chi connectivity index (χ0v) is 9.47. The summed E-state index contributed by atoms with van der Waals surface area (Å²) in [6.07, 6.45) is 0. The second kappa shape index (κ2) is 4.15. The number of carbonyl (C=O) groups is 1. The molecule has 4 heteroatoms. The number of aromatic hydroxyl groups is 1. The van der Waals surface area contributed by atoms with Crippen molar-refractivity contribution in [3.05, 3.63) is 23.8 Å². The van der Waals surface area contributed by atoms with Crippen LogP contribution in [0.1, 0.15) is 17.3 Å². The molecule has 0 aromatic heterocycles. The summed E-state index contributed by atoms with van der Waals surface area (Å²) in [6, 6.07) is 4.69. The van der Waals surface area contributed by atoms with Crippen molar-refractivity contribution in [2.45, 2.75) is 16.6 Å². The van der Waals surface area contributed by atoms with Crippen LogP contribution in [-0.4, -0.2) is 15.7 Å². The van der Waals surface area contributed by atoms with Crippen LogP contribution in [0.3, 0.4) is 0 Å². The first-order valence-electron chi connectivity index (χ1n) is 3.72. The van der Waals surface area contributed by atoms with Gasteiger partial charge in [-0.05, 0) is 25.1 Å². The molecule has 0 saturated heterocycles. The van der Waals surface area contributed by atoms with E-state index in [2.05, 4.69) is 28.6 Å². The van der Waals surface area contributed by atoms with Crippen LogP contribution in [0, 0.1) is 0 Å². The third kappa shape index (κ3) is 2.48. The van der Waals surface area contributed by atoms with Crippen molar-refractivity contribution < 1.29 is 9.90 Å². The maximum absolute atomic E-state index is 11.4. The number of carbonyl (C=O) groups excluding carboxylic acids is 1. The summed E-state index contributed by atoms with van der Waals surface area (Å²) >= 11 is 7.19. The molecule has 0 aliphatic heterocycles. The van der Waals surface area contributed by atoms with Crippen LogP contribution in [0.4, 0.5) is 0 Å². The molecule has 1 atom stereocenters. The van der Waals surface area contributed by atoms with Gasteiger partial charge in [0.25, 0.3) is 0 Å². The fourth-order valence-electron chi connectivity index (χ4n) is 0.943. The molecule has 0 saturated carbocycles. The third-order valence-corrected chi connectivity index (χ3v) is 2.30. The largest absolute Gasteiger partial charge is 0.507 e. The van der Waals surface area contributed by atoms with Gasteiger partial charge in [0, 0.05) is 4.90 Å². The molecule has 0 amide bonds. The number of phenolic OH excluding ortho intramolecular Hbond substituents is 1. The maximum atomic E-state index is 11.4. The van der Waals surface area contributed by atoms with Crippen LogP contribution in [0.15, 0.2) is 23.1 Å². The van der Waals surface area contributed by atoms with Gasteiger partial charge >= 0.3 is 0 Å². The molecule has 0 radical (unpaired) electrons. The predicted octanol–water partition coefficient (Wildman–Crippen LogP) is 2.65. The van der Waals surface area contributed by atoms with Crippen molar-refractivity contribution in [3.63, 3.8) is 0 Å². The normalized spacial score (nSPS) is 12.5. The van der Waals surface area contributed by atoms with Gasteiger partial charge in [-0.2, -0.15) is 0 Å². The van der Waals surface area contributed by atoms with Gasteiger partial charge in [0.15, 0.2) is 5.78 Å². The molecular formula is C9H9BrO2S. The minimum Gasteiger partial charge on any atom is -0.507 e. The van der Waals surface area contributed by atoms with E-state index in [1.807, 2.05) is 0 Å². The van der Waals surface area contributed by atoms with Gasteiger partial charge in [-0.3, -0.25) is 4.79 Å². The molecule has 70 valence electrons. The average molecular weight is 261 g/mol. The van der Waals surface area contributed by atoms with E-state index in [9.17, 15) is 9.90 Å². The first kappa shape index (κ1) is 10.6. The Balaban J connectivity index is 3.09. The van der Waals surface area contributed by atoms with Gasteiger partial charge in [-0.15, -0.1) is 12.6 Å². The molecule has 13 heavy (non-hydrogen) atoms. The molecule has 0 aliphatic rings. The summed E-state index contributed by atoms with van der Waals surface area (Å²) in [5.74, 6) is -0.158. The minimum absolute atomic E-state index is 0.0243. The Bertz CT molecular complexity index is 336. The molecule has 1 aromatic carbocycles. The summed E-state index contributed by atoms with van der Waals surface area (Å²) in [7, 11) is 0. The first-order chi connectivity index (χ1) is 6.02. The summed E-state index contributed by atoms with van der Waals surface area (Å²) in [4.78, 5) is 11.8. The highest BCUT2D eigenvalue weighted by atomic mass is 79.9. The molecule has 1 rings (SSSR count). The van der Waals surface area contributed by atoms with E-state index < -0.39 is 0 Å². The smallest absolute Gasteiger partial charge is 0.179 e. The van der Waals surface area contributed by atoms with Crippen molar-refractivity contribution in [1.82, 2.24) is 0 Å². The Hall–Kier alpha value is -0.480. The molecule has 0 heterocycles. The molecule has 0 bridgehead atoms. The van der Waals surface area contributed by atoms with E-state index in [4.69, 9.17) is 0 Å². The van der Waals surface area contributed by atoms with Crippen LogP contribution in [0.25, 0.3) is 0 Å². The van der Waals surface area contributed by atoms with Crippen molar-refractivity contribution in [3.8, 4) is 5.75 Å². The lowest BCUT2D eigenvalue weighted by atomic mass is 10.1. The second-order valence-electron chi connectivity index (χ2n) is 2.68. The van der Waals surface area contributed by atoms with Gasteiger partial charge in [0.1, 0.15) is 5.75 Å². The second-order valence-corrected chi connectivity index (χ2v) is 4.57. The van der Waals surface area contributed by atoms with E-state index in [1.165, 1.54) is 6.07 Å². The van der Waals surface area contributed by atoms with Crippen LogP contribution in [0.5, 0.6) is 5.75 Å². The number of alkyl halides is 1. The van der Waals surface area contributed by atoms with Crippen LogP contribution < -0.4 is 0 Å². The topological polar surface area (TPSA) is 37.3 Å². The van der Waals surface area contributed by atoms with E-state index in [1.54, 1.807) is 19.1 Å².